The largest absolute Gasteiger partial charge is 0.383 e. The van der Waals surface area contributed by atoms with Crippen molar-refractivity contribution in [1.29, 1.82) is 0 Å². The van der Waals surface area contributed by atoms with Crippen molar-refractivity contribution in [2.45, 2.75) is 0 Å². The van der Waals surface area contributed by atoms with E-state index in [0.717, 1.165) is 0 Å². The van der Waals surface area contributed by atoms with E-state index in [1.165, 1.54) is 18.5 Å². The number of nitrogens with zero attached hydrogens (tertiary/aromatic N) is 3. The van der Waals surface area contributed by atoms with Gasteiger partial charge in [-0.25, -0.2) is 0 Å². The summed E-state index contributed by atoms with van der Waals surface area (Å²) in [4.78, 5) is 0. The number of hydrogen-bond acceptors (Lipinski definition) is 5. The summed E-state index contributed by atoms with van der Waals surface area (Å²) in [6.45, 7) is 0.589. The van der Waals surface area contributed by atoms with Crippen LogP contribution in [0.15, 0.2) is 18.2 Å². The Morgan fingerprint density at radius 3 is 2.95 bits per heavy atom. The van der Waals surface area contributed by atoms with Crippen molar-refractivity contribution >= 4 is 26.9 Å². The van der Waals surface area contributed by atoms with Gasteiger partial charge in [-0.3, -0.25) is 4.72 Å². The van der Waals surface area contributed by atoms with Crippen LogP contribution in [-0.4, -0.2) is 55.4 Å². The zero-order valence-corrected chi connectivity index (χ0v) is 11.4. The fourth-order valence-corrected chi connectivity index (χ4v) is 2.42. The topological polar surface area (TPSA) is 100 Å². The monoisotopic (exact) mass is 285 g/mol. The molecule has 0 saturated heterocycles. The summed E-state index contributed by atoms with van der Waals surface area (Å²) in [5.41, 5.74) is 1.46. The van der Waals surface area contributed by atoms with E-state index in [-0.39, 0.29) is 6.54 Å². The summed E-state index contributed by atoms with van der Waals surface area (Å²) in [5, 5.41) is 10.3. The van der Waals surface area contributed by atoms with Crippen LogP contribution in [0, 0.1) is 0 Å². The Morgan fingerprint density at radius 2 is 2.21 bits per heavy atom. The van der Waals surface area contributed by atoms with Gasteiger partial charge in [0, 0.05) is 20.7 Å². The summed E-state index contributed by atoms with van der Waals surface area (Å²) >= 11 is 0. The molecule has 1 aromatic heterocycles. The third-order valence-electron chi connectivity index (χ3n) is 2.61. The lowest BCUT2D eigenvalue weighted by molar-refractivity contribution is 0.185. The van der Waals surface area contributed by atoms with Crippen LogP contribution in [0.2, 0.25) is 0 Å². The Kier molecular flexibility index (Phi) is 3.98. The molecule has 0 radical (unpaired) electrons. The van der Waals surface area contributed by atoms with E-state index in [9.17, 15) is 8.42 Å². The number of aromatic nitrogens is 3. The minimum absolute atomic E-state index is 0.265. The Labute approximate surface area is 110 Å². The normalized spacial score (nSPS) is 12.2. The minimum atomic E-state index is -3.63. The molecule has 0 fully saturated rings. The van der Waals surface area contributed by atoms with Gasteiger partial charge in [0.25, 0.3) is 0 Å². The molecule has 104 valence electrons. The molecule has 1 aromatic carbocycles. The molecule has 0 aliphatic heterocycles. The first-order chi connectivity index (χ1) is 9.04. The van der Waals surface area contributed by atoms with E-state index in [2.05, 4.69) is 20.1 Å². The van der Waals surface area contributed by atoms with Crippen molar-refractivity contribution in [1.82, 2.24) is 19.7 Å². The van der Waals surface area contributed by atoms with E-state index in [1.807, 2.05) is 0 Å². The number of rotatable bonds is 6. The predicted octanol–water partition coefficient (Wildman–Crippen LogP) is 0.193. The highest BCUT2D eigenvalue weighted by Gasteiger charge is 2.18. The van der Waals surface area contributed by atoms with Gasteiger partial charge in [0.1, 0.15) is 11.0 Å². The summed E-state index contributed by atoms with van der Waals surface area (Å²) in [6, 6.07) is 5.08. The summed E-state index contributed by atoms with van der Waals surface area (Å²) in [7, 11) is -0.639. The van der Waals surface area contributed by atoms with Crippen LogP contribution in [0.4, 0.5) is 5.69 Å². The number of fused-ring (bicyclic) bond motifs is 1. The van der Waals surface area contributed by atoms with E-state index in [4.69, 9.17) is 4.74 Å². The molecule has 2 rings (SSSR count). The molecule has 0 bridgehead atoms. The fourth-order valence-electron chi connectivity index (χ4n) is 1.51. The average Bonchev–Trinajstić information content (AvgIpc) is 2.84. The van der Waals surface area contributed by atoms with E-state index in [0.29, 0.717) is 23.3 Å². The van der Waals surface area contributed by atoms with Crippen LogP contribution >= 0.6 is 0 Å². The molecule has 0 amide bonds. The number of methoxy groups -OCH3 is 1. The molecule has 0 spiro atoms. The van der Waals surface area contributed by atoms with Crippen LogP contribution < -0.4 is 4.72 Å². The first kappa shape index (κ1) is 13.7. The molecule has 2 N–H and O–H groups in total. The Balaban J connectivity index is 2.22. The molecule has 0 aliphatic carbocycles. The quantitative estimate of drug-likeness (QED) is 0.789. The van der Waals surface area contributed by atoms with Gasteiger partial charge in [0.05, 0.1) is 12.3 Å². The average molecular weight is 285 g/mol. The second-order valence-corrected chi connectivity index (χ2v) is 5.70. The maximum Gasteiger partial charge on any atom is 0.301 e. The van der Waals surface area contributed by atoms with Crippen molar-refractivity contribution in [3.8, 4) is 0 Å². The number of nitrogens with one attached hydrogen (secondary N) is 2. The molecule has 19 heavy (non-hydrogen) atoms. The van der Waals surface area contributed by atoms with E-state index >= 15 is 0 Å². The second kappa shape index (κ2) is 5.51. The Hall–Kier alpha value is -1.71. The number of aromatic amines is 1. The number of H-pyrrole nitrogens is 1. The molecule has 0 unspecified atom stereocenters. The van der Waals surface area contributed by atoms with Gasteiger partial charge in [-0.05, 0) is 12.1 Å². The molecule has 8 nitrogen and oxygen atoms in total. The molecule has 9 heteroatoms. The Bertz CT molecular complexity index is 654. The maximum absolute atomic E-state index is 12.1. The lowest BCUT2D eigenvalue weighted by Crippen LogP contribution is -2.34. The van der Waals surface area contributed by atoms with Gasteiger partial charge in [-0.2, -0.15) is 28.1 Å². The highest BCUT2D eigenvalue weighted by atomic mass is 32.2. The van der Waals surface area contributed by atoms with Crippen LogP contribution in [-0.2, 0) is 14.9 Å². The first-order valence-corrected chi connectivity index (χ1v) is 7.01. The van der Waals surface area contributed by atoms with Crippen molar-refractivity contribution in [3.63, 3.8) is 0 Å². The first-order valence-electron chi connectivity index (χ1n) is 5.57. The predicted molar refractivity (Wildman–Crippen MR) is 70.9 cm³/mol. The zero-order chi connectivity index (χ0) is 13.9. The van der Waals surface area contributed by atoms with Crippen molar-refractivity contribution in [3.05, 3.63) is 18.2 Å². The molecular weight excluding hydrogens is 270 g/mol. The van der Waals surface area contributed by atoms with Gasteiger partial charge in [-0.1, -0.05) is 6.07 Å². The third-order valence-corrected chi connectivity index (χ3v) is 4.09. The Morgan fingerprint density at radius 1 is 1.42 bits per heavy atom. The van der Waals surface area contributed by atoms with Crippen molar-refractivity contribution < 1.29 is 13.2 Å². The lowest BCUT2D eigenvalue weighted by Gasteiger charge is -2.17. The van der Waals surface area contributed by atoms with E-state index in [1.54, 1.807) is 18.2 Å². The number of likely N-dealkylation sites (N-methyl/N-ethyl adjacent to an activating group) is 1. The minimum Gasteiger partial charge on any atom is -0.383 e. The molecule has 0 saturated carbocycles. The van der Waals surface area contributed by atoms with Crippen LogP contribution in [0.1, 0.15) is 0 Å². The zero-order valence-electron chi connectivity index (χ0n) is 10.6. The summed E-state index contributed by atoms with van der Waals surface area (Å²) in [5.74, 6) is 0. The number of hydrogen-bond donors (Lipinski definition) is 2. The maximum atomic E-state index is 12.1. The number of ether oxygens (including phenoxy) is 1. The highest BCUT2D eigenvalue weighted by molar-refractivity contribution is 7.90. The summed E-state index contributed by atoms with van der Waals surface area (Å²) < 4.78 is 32.7. The standard InChI is InChI=1S/C10H15N5O3S/c1-15(6-7-18-2)19(16,17)13-9-5-3-4-8-10(9)12-14-11-8/h3-5,13H,6-7H2,1-2H3,(H,11,12,14). The fraction of sp³-hybridized carbons (Fsp3) is 0.400. The highest BCUT2D eigenvalue weighted by Crippen LogP contribution is 2.20. The number of para-hydroxylation sites is 1. The van der Waals surface area contributed by atoms with Gasteiger partial charge in [0.2, 0.25) is 0 Å². The van der Waals surface area contributed by atoms with Gasteiger partial charge in [0.15, 0.2) is 0 Å². The number of anilines is 1. The van der Waals surface area contributed by atoms with Gasteiger partial charge < -0.3 is 4.74 Å². The third kappa shape index (κ3) is 3.00. The SMILES string of the molecule is COCCN(C)S(=O)(=O)Nc1cccc2n[nH]nc12. The smallest absolute Gasteiger partial charge is 0.301 e. The molecular formula is C10H15N5O3S. The summed E-state index contributed by atoms with van der Waals surface area (Å²) in [6.07, 6.45) is 0. The van der Waals surface area contributed by atoms with Gasteiger partial charge >= 0.3 is 10.2 Å². The van der Waals surface area contributed by atoms with Crippen LogP contribution in [0.5, 0.6) is 0 Å². The molecule has 0 atom stereocenters. The van der Waals surface area contributed by atoms with Crippen molar-refractivity contribution in [2.24, 2.45) is 0 Å². The number of benzene rings is 1. The molecule has 0 aliphatic rings. The molecule has 2 aromatic rings. The lowest BCUT2D eigenvalue weighted by atomic mass is 10.3. The van der Waals surface area contributed by atoms with Crippen LogP contribution in [0.3, 0.4) is 0 Å². The van der Waals surface area contributed by atoms with Crippen molar-refractivity contribution in [2.75, 3.05) is 32.0 Å². The van der Waals surface area contributed by atoms with E-state index < -0.39 is 10.2 Å². The second-order valence-electron chi connectivity index (χ2n) is 3.92. The molecule has 1 heterocycles. The van der Waals surface area contributed by atoms with Gasteiger partial charge in [-0.15, -0.1) is 0 Å². The van der Waals surface area contributed by atoms with Crippen LogP contribution in [0.25, 0.3) is 11.0 Å².